The van der Waals surface area contributed by atoms with Crippen LogP contribution in [-0.4, -0.2) is 32.6 Å². The molecular formula is C15H21NO2. The average molecular weight is 247 g/mol. The molecule has 1 saturated heterocycles. The SMILES string of the molecule is CCN(CC1(C=O)CCOCC1)c1ccccc1. The van der Waals surface area contributed by atoms with E-state index in [9.17, 15) is 4.79 Å². The predicted octanol–water partition coefficient (Wildman–Crippen LogP) is 2.51. The summed E-state index contributed by atoms with van der Waals surface area (Å²) >= 11 is 0. The van der Waals surface area contributed by atoms with Crippen molar-refractivity contribution in [2.75, 3.05) is 31.2 Å². The smallest absolute Gasteiger partial charge is 0.128 e. The van der Waals surface area contributed by atoms with Crippen molar-refractivity contribution in [1.29, 1.82) is 0 Å². The minimum Gasteiger partial charge on any atom is -0.381 e. The molecule has 1 aliphatic rings. The van der Waals surface area contributed by atoms with Crippen LogP contribution in [0.1, 0.15) is 19.8 Å². The number of aldehydes is 1. The number of hydrogen-bond donors (Lipinski definition) is 0. The standard InChI is InChI=1S/C15H21NO2/c1-2-16(14-6-4-3-5-7-14)12-15(13-17)8-10-18-11-9-15/h3-7,13H,2,8-12H2,1H3. The molecule has 1 heterocycles. The average Bonchev–Trinajstić information content (AvgIpc) is 2.47. The Labute approximate surface area is 109 Å². The Hall–Kier alpha value is -1.35. The van der Waals surface area contributed by atoms with Gasteiger partial charge in [-0.2, -0.15) is 0 Å². The van der Waals surface area contributed by atoms with Crippen LogP contribution in [0.4, 0.5) is 5.69 Å². The highest BCUT2D eigenvalue weighted by molar-refractivity contribution is 5.62. The lowest BCUT2D eigenvalue weighted by atomic mass is 9.81. The largest absolute Gasteiger partial charge is 0.381 e. The van der Waals surface area contributed by atoms with Crippen LogP contribution in [0, 0.1) is 5.41 Å². The first kappa shape index (κ1) is 13.1. The fourth-order valence-electron chi connectivity index (χ4n) is 2.50. The molecule has 1 aromatic rings. The molecule has 3 nitrogen and oxygen atoms in total. The zero-order valence-corrected chi connectivity index (χ0v) is 11.0. The van der Waals surface area contributed by atoms with Crippen molar-refractivity contribution >= 4 is 12.0 Å². The van der Waals surface area contributed by atoms with Crippen molar-refractivity contribution < 1.29 is 9.53 Å². The van der Waals surface area contributed by atoms with Crippen LogP contribution >= 0.6 is 0 Å². The lowest BCUT2D eigenvalue weighted by Gasteiger charge is -2.37. The number of carbonyl (C=O) groups excluding carboxylic acids is 1. The highest BCUT2D eigenvalue weighted by Gasteiger charge is 2.34. The molecule has 2 rings (SSSR count). The van der Waals surface area contributed by atoms with Crippen LogP contribution in [0.15, 0.2) is 30.3 Å². The Balaban J connectivity index is 2.11. The van der Waals surface area contributed by atoms with Gasteiger partial charge in [0, 0.05) is 37.4 Å². The van der Waals surface area contributed by atoms with Crippen molar-refractivity contribution in [1.82, 2.24) is 0 Å². The van der Waals surface area contributed by atoms with Gasteiger partial charge in [0.25, 0.3) is 0 Å². The molecule has 0 spiro atoms. The first-order valence-electron chi connectivity index (χ1n) is 6.64. The van der Waals surface area contributed by atoms with Gasteiger partial charge in [0.1, 0.15) is 6.29 Å². The normalized spacial score (nSPS) is 18.3. The molecule has 98 valence electrons. The molecule has 0 unspecified atom stereocenters. The maximum Gasteiger partial charge on any atom is 0.128 e. The summed E-state index contributed by atoms with van der Waals surface area (Å²) in [5, 5.41) is 0. The number of carbonyl (C=O) groups is 1. The molecule has 3 heteroatoms. The fourth-order valence-corrected chi connectivity index (χ4v) is 2.50. The molecule has 0 N–H and O–H groups in total. The quantitative estimate of drug-likeness (QED) is 0.749. The van der Waals surface area contributed by atoms with Gasteiger partial charge in [-0.25, -0.2) is 0 Å². The van der Waals surface area contributed by atoms with E-state index in [1.807, 2.05) is 18.2 Å². The van der Waals surface area contributed by atoms with Crippen LogP contribution in [-0.2, 0) is 9.53 Å². The molecule has 0 atom stereocenters. The second-order valence-electron chi connectivity index (χ2n) is 4.94. The van der Waals surface area contributed by atoms with Gasteiger partial charge in [-0.05, 0) is 31.9 Å². The van der Waals surface area contributed by atoms with Gasteiger partial charge in [0.05, 0.1) is 0 Å². The lowest BCUT2D eigenvalue weighted by molar-refractivity contribution is -0.120. The summed E-state index contributed by atoms with van der Waals surface area (Å²) in [5.41, 5.74) is 0.956. The Morgan fingerprint density at radius 2 is 1.94 bits per heavy atom. The van der Waals surface area contributed by atoms with Gasteiger partial charge < -0.3 is 14.4 Å². The summed E-state index contributed by atoms with van der Waals surface area (Å²) in [5.74, 6) is 0. The Bertz CT molecular complexity index is 371. The van der Waals surface area contributed by atoms with Crippen LogP contribution < -0.4 is 4.90 Å². The monoisotopic (exact) mass is 247 g/mol. The van der Waals surface area contributed by atoms with E-state index in [2.05, 4.69) is 24.0 Å². The Morgan fingerprint density at radius 1 is 1.28 bits per heavy atom. The van der Waals surface area contributed by atoms with Gasteiger partial charge in [-0.1, -0.05) is 18.2 Å². The molecule has 0 aliphatic carbocycles. The molecule has 0 saturated carbocycles. The highest BCUT2D eigenvalue weighted by atomic mass is 16.5. The topological polar surface area (TPSA) is 29.5 Å². The molecule has 1 fully saturated rings. The third-order valence-electron chi connectivity index (χ3n) is 3.75. The van der Waals surface area contributed by atoms with Crippen LogP contribution in [0.2, 0.25) is 0 Å². The van der Waals surface area contributed by atoms with E-state index in [0.717, 1.165) is 32.2 Å². The van der Waals surface area contributed by atoms with Crippen molar-refractivity contribution in [3.8, 4) is 0 Å². The number of benzene rings is 1. The van der Waals surface area contributed by atoms with E-state index in [1.165, 1.54) is 5.69 Å². The van der Waals surface area contributed by atoms with E-state index in [-0.39, 0.29) is 5.41 Å². The third-order valence-corrected chi connectivity index (χ3v) is 3.75. The Morgan fingerprint density at radius 3 is 2.50 bits per heavy atom. The summed E-state index contributed by atoms with van der Waals surface area (Å²) in [6.45, 7) is 5.24. The number of ether oxygens (including phenoxy) is 1. The van der Waals surface area contributed by atoms with Gasteiger partial charge >= 0.3 is 0 Å². The second-order valence-corrected chi connectivity index (χ2v) is 4.94. The maximum absolute atomic E-state index is 11.5. The summed E-state index contributed by atoms with van der Waals surface area (Å²) in [7, 11) is 0. The first-order chi connectivity index (χ1) is 8.79. The van der Waals surface area contributed by atoms with Crippen LogP contribution in [0.5, 0.6) is 0 Å². The summed E-state index contributed by atoms with van der Waals surface area (Å²) < 4.78 is 5.37. The van der Waals surface area contributed by atoms with Gasteiger partial charge in [-0.3, -0.25) is 0 Å². The first-order valence-corrected chi connectivity index (χ1v) is 6.64. The molecule has 1 aliphatic heterocycles. The van der Waals surface area contributed by atoms with Crippen LogP contribution in [0.3, 0.4) is 0 Å². The van der Waals surface area contributed by atoms with Gasteiger partial charge in [-0.15, -0.1) is 0 Å². The number of para-hydroxylation sites is 1. The predicted molar refractivity (Wildman–Crippen MR) is 72.9 cm³/mol. The maximum atomic E-state index is 11.5. The van der Waals surface area contributed by atoms with Crippen molar-refractivity contribution in [2.45, 2.75) is 19.8 Å². The van der Waals surface area contributed by atoms with E-state index in [4.69, 9.17) is 4.74 Å². The molecule has 0 aromatic heterocycles. The molecule has 0 radical (unpaired) electrons. The fraction of sp³-hybridized carbons (Fsp3) is 0.533. The molecule has 0 bridgehead atoms. The number of hydrogen-bond acceptors (Lipinski definition) is 3. The number of anilines is 1. The zero-order valence-electron chi connectivity index (χ0n) is 11.0. The zero-order chi connectivity index (χ0) is 12.8. The van der Waals surface area contributed by atoms with E-state index in [0.29, 0.717) is 13.2 Å². The van der Waals surface area contributed by atoms with Crippen molar-refractivity contribution in [3.05, 3.63) is 30.3 Å². The molecule has 1 aromatic carbocycles. The Kier molecular flexibility index (Phi) is 4.37. The summed E-state index contributed by atoms with van der Waals surface area (Å²) in [4.78, 5) is 13.8. The van der Waals surface area contributed by atoms with E-state index < -0.39 is 0 Å². The molecular weight excluding hydrogens is 226 g/mol. The lowest BCUT2D eigenvalue weighted by Crippen LogP contribution is -2.42. The van der Waals surface area contributed by atoms with Gasteiger partial charge in [0.2, 0.25) is 0 Å². The van der Waals surface area contributed by atoms with Crippen molar-refractivity contribution in [2.24, 2.45) is 5.41 Å². The van der Waals surface area contributed by atoms with E-state index in [1.54, 1.807) is 0 Å². The summed E-state index contributed by atoms with van der Waals surface area (Å²) in [6.07, 6.45) is 2.81. The number of rotatable bonds is 5. The number of nitrogens with zero attached hydrogens (tertiary/aromatic N) is 1. The minimum absolute atomic E-state index is 0.232. The minimum atomic E-state index is -0.232. The van der Waals surface area contributed by atoms with E-state index >= 15 is 0 Å². The molecule has 0 amide bonds. The van der Waals surface area contributed by atoms with Crippen molar-refractivity contribution in [3.63, 3.8) is 0 Å². The summed E-state index contributed by atoms with van der Waals surface area (Å²) in [6, 6.07) is 10.3. The van der Waals surface area contributed by atoms with Gasteiger partial charge in [0.15, 0.2) is 0 Å². The third kappa shape index (κ3) is 2.91. The molecule has 18 heavy (non-hydrogen) atoms. The second kappa shape index (κ2) is 6.01. The highest BCUT2D eigenvalue weighted by Crippen LogP contribution is 2.30. The van der Waals surface area contributed by atoms with Crippen LogP contribution in [0.25, 0.3) is 0 Å².